The quantitative estimate of drug-likeness (QED) is 0.364. The zero-order chi connectivity index (χ0) is 23.3. The molecule has 2 aromatic heterocycles. The number of aliphatic hydroxyl groups is 1. The normalized spacial score (nSPS) is 18.1. The molecule has 8 heteroatoms. The third-order valence-electron chi connectivity index (χ3n) is 6.33. The van der Waals surface area contributed by atoms with Crippen LogP contribution in [-0.4, -0.2) is 50.4 Å². The molecule has 34 heavy (non-hydrogen) atoms. The first-order valence-electron chi connectivity index (χ1n) is 11.8. The highest BCUT2D eigenvalue weighted by atomic mass is 16.5. The minimum atomic E-state index is -0.198. The van der Waals surface area contributed by atoms with E-state index < -0.39 is 0 Å². The van der Waals surface area contributed by atoms with Gasteiger partial charge in [0, 0.05) is 18.3 Å². The van der Waals surface area contributed by atoms with Crippen LogP contribution in [0, 0.1) is 0 Å². The second-order valence-corrected chi connectivity index (χ2v) is 8.69. The fraction of sp³-hybridized carbons (Fsp3) is 0.346. The molecule has 1 fully saturated rings. The number of nitrogens with zero attached hydrogens (tertiary/aromatic N) is 4. The molecule has 0 aliphatic heterocycles. The van der Waals surface area contributed by atoms with E-state index in [1.165, 1.54) is 5.56 Å². The van der Waals surface area contributed by atoms with E-state index >= 15 is 0 Å². The fourth-order valence-corrected chi connectivity index (χ4v) is 4.39. The number of hydrogen-bond acceptors (Lipinski definition) is 7. The Bertz CT molecular complexity index is 1220. The summed E-state index contributed by atoms with van der Waals surface area (Å²) in [6.07, 6.45) is 5.85. The molecule has 4 aromatic rings. The average Bonchev–Trinajstić information content (AvgIpc) is 3.30. The SMILES string of the molecule is COc1ccc(CCNc2nc(NC3CCC(O)CC3)nc3c2ncn3-c2ccccc2)cc1. The second-order valence-electron chi connectivity index (χ2n) is 8.69. The van der Waals surface area contributed by atoms with Crippen molar-refractivity contribution >= 4 is 22.9 Å². The summed E-state index contributed by atoms with van der Waals surface area (Å²) in [7, 11) is 1.67. The number of nitrogens with one attached hydrogen (secondary N) is 2. The van der Waals surface area contributed by atoms with Crippen molar-refractivity contribution in [2.45, 2.75) is 44.2 Å². The zero-order valence-electron chi connectivity index (χ0n) is 19.3. The highest BCUT2D eigenvalue weighted by molar-refractivity contribution is 5.85. The van der Waals surface area contributed by atoms with Gasteiger partial charge in [0.15, 0.2) is 17.0 Å². The van der Waals surface area contributed by atoms with Crippen molar-refractivity contribution in [3.05, 3.63) is 66.5 Å². The minimum absolute atomic E-state index is 0.198. The first kappa shape index (κ1) is 22.2. The molecule has 0 saturated heterocycles. The third-order valence-corrected chi connectivity index (χ3v) is 6.33. The van der Waals surface area contributed by atoms with Crippen LogP contribution in [0.1, 0.15) is 31.2 Å². The molecule has 0 unspecified atom stereocenters. The summed E-state index contributed by atoms with van der Waals surface area (Å²) in [6.45, 7) is 0.714. The van der Waals surface area contributed by atoms with E-state index in [4.69, 9.17) is 14.7 Å². The Balaban J connectivity index is 1.40. The number of methoxy groups -OCH3 is 1. The van der Waals surface area contributed by atoms with Crippen molar-refractivity contribution in [1.82, 2.24) is 19.5 Å². The van der Waals surface area contributed by atoms with Gasteiger partial charge in [-0.05, 0) is 61.9 Å². The maximum atomic E-state index is 9.85. The zero-order valence-corrected chi connectivity index (χ0v) is 19.3. The Morgan fingerprint density at radius 3 is 2.50 bits per heavy atom. The molecule has 2 heterocycles. The van der Waals surface area contributed by atoms with Gasteiger partial charge in [0.05, 0.1) is 13.2 Å². The van der Waals surface area contributed by atoms with Crippen LogP contribution in [0.4, 0.5) is 11.8 Å². The fourth-order valence-electron chi connectivity index (χ4n) is 4.39. The summed E-state index contributed by atoms with van der Waals surface area (Å²) in [5, 5.41) is 16.8. The van der Waals surface area contributed by atoms with Gasteiger partial charge in [0.1, 0.15) is 12.1 Å². The molecule has 3 N–H and O–H groups in total. The predicted molar refractivity (Wildman–Crippen MR) is 134 cm³/mol. The summed E-state index contributed by atoms with van der Waals surface area (Å²) in [6, 6.07) is 18.4. The van der Waals surface area contributed by atoms with Crippen molar-refractivity contribution in [3.63, 3.8) is 0 Å². The number of anilines is 2. The van der Waals surface area contributed by atoms with Gasteiger partial charge in [-0.25, -0.2) is 4.98 Å². The molecule has 5 rings (SSSR count). The van der Waals surface area contributed by atoms with Crippen LogP contribution in [0.15, 0.2) is 60.9 Å². The minimum Gasteiger partial charge on any atom is -0.497 e. The Hall–Kier alpha value is -3.65. The molecular weight excluding hydrogens is 428 g/mol. The van der Waals surface area contributed by atoms with E-state index in [1.54, 1.807) is 13.4 Å². The standard InChI is InChI=1S/C26H30N6O2/c1-34-22-13-7-18(8-14-22)15-16-27-24-23-25(32(17-28-23)20-5-3-2-4-6-20)31-26(30-24)29-19-9-11-21(33)12-10-19/h2-8,13-14,17,19,21,33H,9-12,15-16H2,1H3,(H2,27,29,30,31). The maximum absolute atomic E-state index is 9.85. The molecule has 0 radical (unpaired) electrons. The van der Waals surface area contributed by atoms with Crippen LogP contribution in [0.3, 0.4) is 0 Å². The number of para-hydroxylation sites is 1. The van der Waals surface area contributed by atoms with Crippen LogP contribution in [-0.2, 0) is 6.42 Å². The number of benzene rings is 2. The highest BCUT2D eigenvalue weighted by Crippen LogP contribution is 2.26. The predicted octanol–water partition coefficient (Wildman–Crippen LogP) is 4.19. The summed E-state index contributed by atoms with van der Waals surface area (Å²) < 4.78 is 7.23. The maximum Gasteiger partial charge on any atom is 0.227 e. The van der Waals surface area contributed by atoms with Gasteiger partial charge in [-0.3, -0.25) is 4.57 Å². The van der Waals surface area contributed by atoms with Gasteiger partial charge in [0.2, 0.25) is 5.95 Å². The van der Waals surface area contributed by atoms with Gasteiger partial charge in [-0.1, -0.05) is 30.3 Å². The molecule has 8 nitrogen and oxygen atoms in total. The third kappa shape index (κ3) is 4.97. The Morgan fingerprint density at radius 1 is 1.00 bits per heavy atom. The summed E-state index contributed by atoms with van der Waals surface area (Å²) in [5.41, 5.74) is 3.71. The lowest BCUT2D eigenvalue weighted by Gasteiger charge is -2.26. The van der Waals surface area contributed by atoms with Crippen molar-refractivity contribution in [2.24, 2.45) is 0 Å². The van der Waals surface area contributed by atoms with Crippen molar-refractivity contribution in [2.75, 3.05) is 24.3 Å². The van der Waals surface area contributed by atoms with Crippen LogP contribution in [0.5, 0.6) is 5.75 Å². The first-order chi connectivity index (χ1) is 16.7. The van der Waals surface area contributed by atoms with E-state index in [0.29, 0.717) is 18.3 Å². The van der Waals surface area contributed by atoms with Gasteiger partial charge >= 0.3 is 0 Å². The number of hydrogen-bond donors (Lipinski definition) is 3. The van der Waals surface area contributed by atoms with Gasteiger partial charge in [0.25, 0.3) is 0 Å². The summed E-state index contributed by atoms with van der Waals surface area (Å²) >= 11 is 0. The number of fused-ring (bicyclic) bond motifs is 1. The van der Waals surface area contributed by atoms with Gasteiger partial charge in [-0.15, -0.1) is 0 Å². The molecule has 176 valence electrons. The van der Waals surface area contributed by atoms with E-state index in [0.717, 1.165) is 54.7 Å². The van der Waals surface area contributed by atoms with E-state index in [1.807, 2.05) is 47.0 Å². The Labute approximate surface area is 199 Å². The smallest absolute Gasteiger partial charge is 0.227 e. The lowest BCUT2D eigenvalue weighted by Crippen LogP contribution is -2.29. The number of rotatable bonds is 8. The number of imidazole rings is 1. The largest absolute Gasteiger partial charge is 0.497 e. The van der Waals surface area contributed by atoms with Crippen molar-refractivity contribution in [3.8, 4) is 11.4 Å². The molecule has 0 amide bonds. The molecule has 0 bridgehead atoms. The van der Waals surface area contributed by atoms with Gasteiger partial charge in [-0.2, -0.15) is 9.97 Å². The lowest BCUT2D eigenvalue weighted by atomic mass is 9.93. The van der Waals surface area contributed by atoms with E-state index in [-0.39, 0.29) is 12.1 Å². The number of aliphatic hydroxyl groups excluding tert-OH is 1. The Morgan fingerprint density at radius 2 is 1.76 bits per heavy atom. The highest BCUT2D eigenvalue weighted by Gasteiger charge is 2.21. The summed E-state index contributed by atoms with van der Waals surface area (Å²) in [4.78, 5) is 14.3. The number of aromatic nitrogens is 4. The molecule has 2 aromatic carbocycles. The molecule has 0 atom stereocenters. The van der Waals surface area contributed by atoms with Crippen LogP contribution in [0.25, 0.3) is 16.9 Å². The topological polar surface area (TPSA) is 97.1 Å². The lowest BCUT2D eigenvalue weighted by molar-refractivity contribution is 0.126. The second kappa shape index (κ2) is 10.1. The summed E-state index contributed by atoms with van der Waals surface area (Å²) in [5.74, 6) is 2.15. The van der Waals surface area contributed by atoms with Crippen molar-refractivity contribution < 1.29 is 9.84 Å². The average molecular weight is 459 g/mol. The van der Waals surface area contributed by atoms with Crippen LogP contribution >= 0.6 is 0 Å². The molecule has 1 saturated carbocycles. The monoisotopic (exact) mass is 458 g/mol. The molecule has 1 aliphatic carbocycles. The van der Waals surface area contributed by atoms with Gasteiger partial charge < -0.3 is 20.5 Å². The van der Waals surface area contributed by atoms with E-state index in [2.05, 4.69) is 27.8 Å². The van der Waals surface area contributed by atoms with Crippen molar-refractivity contribution in [1.29, 1.82) is 0 Å². The molecular formula is C26H30N6O2. The van der Waals surface area contributed by atoms with Crippen LogP contribution < -0.4 is 15.4 Å². The molecule has 1 aliphatic rings. The van der Waals surface area contributed by atoms with E-state index in [9.17, 15) is 5.11 Å². The molecule has 0 spiro atoms. The Kier molecular flexibility index (Phi) is 6.58. The number of ether oxygens (including phenoxy) is 1. The first-order valence-corrected chi connectivity index (χ1v) is 11.8. The van der Waals surface area contributed by atoms with Crippen LogP contribution in [0.2, 0.25) is 0 Å².